The number of benzene rings is 1. The number of pyridine rings is 1. The molecule has 0 unspecified atom stereocenters. The number of carbonyl (C=O) groups is 1. The summed E-state index contributed by atoms with van der Waals surface area (Å²) >= 11 is 0. The van der Waals surface area contributed by atoms with Gasteiger partial charge in [-0.2, -0.15) is 4.73 Å². The molecular formula is C14H14N2O2. The van der Waals surface area contributed by atoms with Gasteiger partial charge in [0.15, 0.2) is 12.4 Å². The summed E-state index contributed by atoms with van der Waals surface area (Å²) in [6, 6.07) is 12.6. The van der Waals surface area contributed by atoms with Crippen LogP contribution >= 0.6 is 0 Å². The average molecular weight is 242 g/mol. The van der Waals surface area contributed by atoms with E-state index >= 15 is 0 Å². The molecular weight excluding hydrogens is 228 g/mol. The molecule has 18 heavy (non-hydrogen) atoms. The van der Waals surface area contributed by atoms with E-state index in [0.717, 1.165) is 5.56 Å². The first-order valence-corrected chi connectivity index (χ1v) is 5.71. The molecule has 2 rings (SSSR count). The van der Waals surface area contributed by atoms with Crippen molar-refractivity contribution in [1.82, 2.24) is 5.32 Å². The van der Waals surface area contributed by atoms with Crippen molar-refractivity contribution in [3.8, 4) is 0 Å². The van der Waals surface area contributed by atoms with Crippen LogP contribution in [0.2, 0.25) is 0 Å². The minimum absolute atomic E-state index is 0.0710. The molecule has 1 N–H and O–H groups in total. The summed E-state index contributed by atoms with van der Waals surface area (Å²) in [5.41, 5.74) is 1.52. The molecule has 92 valence electrons. The van der Waals surface area contributed by atoms with Gasteiger partial charge in [-0.25, -0.2) is 0 Å². The first-order valence-electron chi connectivity index (χ1n) is 5.71. The lowest BCUT2D eigenvalue weighted by Crippen LogP contribution is -2.29. The van der Waals surface area contributed by atoms with E-state index in [4.69, 9.17) is 0 Å². The normalized spacial score (nSPS) is 11.8. The van der Waals surface area contributed by atoms with Crippen LogP contribution in [0.3, 0.4) is 0 Å². The molecule has 0 fully saturated rings. The standard InChI is InChI=1S/C14H14N2O2/c1-11(12-5-3-2-4-6-12)15-14(17)13-7-9-16(18)10-8-13/h2-11H,1H3,(H,15,17)/t11-/m0/s1. The van der Waals surface area contributed by atoms with Gasteiger partial charge >= 0.3 is 0 Å². The lowest BCUT2D eigenvalue weighted by molar-refractivity contribution is -0.605. The Morgan fingerprint density at radius 2 is 1.78 bits per heavy atom. The van der Waals surface area contributed by atoms with Crippen molar-refractivity contribution in [2.24, 2.45) is 0 Å². The molecule has 1 amide bonds. The summed E-state index contributed by atoms with van der Waals surface area (Å²) in [5, 5.41) is 13.8. The predicted molar refractivity (Wildman–Crippen MR) is 67.7 cm³/mol. The van der Waals surface area contributed by atoms with Gasteiger partial charge in [-0.05, 0) is 12.5 Å². The molecule has 0 radical (unpaired) electrons. The number of aromatic nitrogens is 1. The Morgan fingerprint density at radius 1 is 1.17 bits per heavy atom. The fourth-order valence-corrected chi connectivity index (χ4v) is 1.67. The van der Waals surface area contributed by atoms with Crippen molar-refractivity contribution in [2.45, 2.75) is 13.0 Å². The zero-order valence-corrected chi connectivity index (χ0v) is 10.0. The molecule has 2 aromatic rings. The number of nitrogens with zero attached hydrogens (tertiary/aromatic N) is 1. The molecule has 4 heteroatoms. The van der Waals surface area contributed by atoms with Gasteiger partial charge in [0, 0.05) is 12.1 Å². The fraction of sp³-hybridized carbons (Fsp3) is 0.143. The number of carbonyl (C=O) groups excluding carboxylic acids is 1. The highest BCUT2D eigenvalue weighted by molar-refractivity contribution is 5.94. The van der Waals surface area contributed by atoms with E-state index in [0.29, 0.717) is 10.3 Å². The molecule has 0 spiro atoms. The Kier molecular flexibility index (Phi) is 3.57. The largest absolute Gasteiger partial charge is 0.619 e. The van der Waals surface area contributed by atoms with Crippen LogP contribution in [-0.2, 0) is 0 Å². The summed E-state index contributed by atoms with van der Waals surface area (Å²) < 4.78 is 0.650. The number of hydrogen-bond acceptors (Lipinski definition) is 2. The van der Waals surface area contributed by atoms with Crippen LogP contribution in [0, 0.1) is 5.21 Å². The second-order valence-corrected chi connectivity index (χ2v) is 4.05. The van der Waals surface area contributed by atoms with E-state index in [2.05, 4.69) is 5.32 Å². The molecule has 0 saturated carbocycles. The van der Waals surface area contributed by atoms with E-state index in [9.17, 15) is 10.0 Å². The van der Waals surface area contributed by atoms with Gasteiger partial charge in [0.2, 0.25) is 0 Å². The van der Waals surface area contributed by atoms with Gasteiger partial charge in [0.1, 0.15) is 0 Å². The van der Waals surface area contributed by atoms with Gasteiger partial charge in [-0.15, -0.1) is 0 Å². The summed E-state index contributed by atoms with van der Waals surface area (Å²) in [6.07, 6.45) is 2.62. The van der Waals surface area contributed by atoms with E-state index in [1.807, 2.05) is 37.3 Å². The van der Waals surface area contributed by atoms with E-state index in [1.165, 1.54) is 24.5 Å². The van der Waals surface area contributed by atoms with Crippen molar-refractivity contribution in [2.75, 3.05) is 0 Å². The third-order valence-corrected chi connectivity index (χ3v) is 2.71. The van der Waals surface area contributed by atoms with Crippen LogP contribution in [-0.4, -0.2) is 5.91 Å². The van der Waals surface area contributed by atoms with Gasteiger partial charge in [0.25, 0.3) is 5.91 Å². The number of rotatable bonds is 3. The smallest absolute Gasteiger partial charge is 0.252 e. The zero-order chi connectivity index (χ0) is 13.0. The Labute approximate surface area is 105 Å². The van der Waals surface area contributed by atoms with Gasteiger partial charge in [0.05, 0.1) is 11.6 Å². The highest BCUT2D eigenvalue weighted by Gasteiger charge is 2.11. The topological polar surface area (TPSA) is 56.0 Å². The van der Waals surface area contributed by atoms with E-state index in [1.54, 1.807) is 0 Å². The maximum atomic E-state index is 11.9. The highest BCUT2D eigenvalue weighted by atomic mass is 16.5. The maximum Gasteiger partial charge on any atom is 0.252 e. The van der Waals surface area contributed by atoms with Crippen molar-refractivity contribution in [3.63, 3.8) is 0 Å². The Balaban J connectivity index is 2.06. The Morgan fingerprint density at radius 3 is 2.39 bits per heavy atom. The van der Waals surface area contributed by atoms with Crippen molar-refractivity contribution >= 4 is 5.91 Å². The predicted octanol–water partition coefficient (Wildman–Crippen LogP) is 1.81. The molecule has 0 bridgehead atoms. The van der Waals surface area contributed by atoms with Crippen LogP contribution < -0.4 is 10.0 Å². The number of hydrogen-bond donors (Lipinski definition) is 1. The monoisotopic (exact) mass is 242 g/mol. The lowest BCUT2D eigenvalue weighted by atomic mass is 10.1. The minimum atomic E-state index is -0.188. The summed E-state index contributed by atoms with van der Waals surface area (Å²) in [7, 11) is 0. The van der Waals surface area contributed by atoms with Gasteiger partial charge in [-0.1, -0.05) is 30.3 Å². The second kappa shape index (κ2) is 5.31. The fourth-order valence-electron chi connectivity index (χ4n) is 1.67. The molecule has 0 saturated heterocycles. The van der Waals surface area contributed by atoms with Crippen LogP contribution in [0.4, 0.5) is 0 Å². The summed E-state index contributed by atoms with van der Waals surface area (Å²) in [6.45, 7) is 1.92. The van der Waals surface area contributed by atoms with E-state index < -0.39 is 0 Å². The molecule has 0 aliphatic heterocycles. The molecule has 1 aromatic heterocycles. The van der Waals surface area contributed by atoms with Crippen molar-refractivity contribution < 1.29 is 9.52 Å². The van der Waals surface area contributed by atoms with Crippen molar-refractivity contribution in [1.29, 1.82) is 0 Å². The molecule has 1 aromatic carbocycles. The minimum Gasteiger partial charge on any atom is -0.619 e. The molecule has 1 atom stereocenters. The molecule has 0 aliphatic rings. The van der Waals surface area contributed by atoms with Crippen LogP contribution in [0.25, 0.3) is 0 Å². The number of amides is 1. The first kappa shape index (κ1) is 12.1. The van der Waals surface area contributed by atoms with Crippen LogP contribution in [0.5, 0.6) is 0 Å². The Bertz CT molecular complexity index is 523. The van der Waals surface area contributed by atoms with Gasteiger partial charge < -0.3 is 10.5 Å². The zero-order valence-electron chi connectivity index (χ0n) is 10.0. The SMILES string of the molecule is C[C@H](NC(=O)c1cc[n+]([O-])cc1)c1ccccc1. The maximum absolute atomic E-state index is 11.9. The third-order valence-electron chi connectivity index (χ3n) is 2.71. The van der Waals surface area contributed by atoms with Crippen molar-refractivity contribution in [3.05, 3.63) is 71.2 Å². The second-order valence-electron chi connectivity index (χ2n) is 4.05. The Hall–Kier alpha value is -2.36. The summed E-state index contributed by atoms with van der Waals surface area (Å²) in [5.74, 6) is -0.188. The highest BCUT2D eigenvalue weighted by Crippen LogP contribution is 2.11. The van der Waals surface area contributed by atoms with Crippen LogP contribution in [0.1, 0.15) is 28.9 Å². The van der Waals surface area contributed by atoms with Crippen LogP contribution in [0.15, 0.2) is 54.9 Å². The molecule has 1 heterocycles. The molecule has 0 aliphatic carbocycles. The average Bonchev–Trinajstić information content (AvgIpc) is 2.40. The summed E-state index contributed by atoms with van der Waals surface area (Å²) in [4.78, 5) is 11.9. The van der Waals surface area contributed by atoms with Gasteiger partial charge in [-0.3, -0.25) is 4.79 Å². The third kappa shape index (κ3) is 2.85. The first-order chi connectivity index (χ1) is 8.66. The quantitative estimate of drug-likeness (QED) is 0.659. The lowest BCUT2D eigenvalue weighted by Gasteiger charge is -2.14. The van der Waals surface area contributed by atoms with E-state index in [-0.39, 0.29) is 11.9 Å². The number of nitrogens with one attached hydrogen (secondary N) is 1. The molecule has 4 nitrogen and oxygen atoms in total.